The van der Waals surface area contributed by atoms with E-state index in [4.69, 9.17) is 9.47 Å². The summed E-state index contributed by atoms with van der Waals surface area (Å²) in [7, 11) is 0. The van der Waals surface area contributed by atoms with Crippen molar-refractivity contribution in [2.24, 2.45) is 5.92 Å². The van der Waals surface area contributed by atoms with Gasteiger partial charge in [0.15, 0.2) is 6.10 Å². The number of rotatable bonds is 8. The summed E-state index contributed by atoms with van der Waals surface area (Å²) in [5.74, 6) is 1.02. The molecule has 0 saturated heterocycles. The maximum absolute atomic E-state index is 12.3. The molecule has 6 nitrogen and oxygen atoms in total. The molecule has 2 N–H and O–H groups in total. The van der Waals surface area contributed by atoms with Crippen molar-refractivity contribution in [3.63, 3.8) is 0 Å². The Labute approximate surface area is 185 Å². The molecule has 0 heterocycles. The van der Waals surface area contributed by atoms with Crippen LogP contribution in [0.15, 0.2) is 48.5 Å². The fraction of sp³-hybridized carbons (Fsp3) is 0.440. The fourth-order valence-corrected chi connectivity index (χ4v) is 2.70. The van der Waals surface area contributed by atoms with Crippen molar-refractivity contribution >= 4 is 11.8 Å². The molecule has 0 aliphatic heterocycles. The van der Waals surface area contributed by atoms with E-state index in [0.29, 0.717) is 29.6 Å². The molecule has 0 aliphatic carbocycles. The van der Waals surface area contributed by atoms with Gasteiger partial charge in [-0.2, -0.15) is 0 Å². The summed E-state index contributed by atoms with van der Waals surface area (Å²) in [6, 6.07) is 14.4. The lowest BCUT2D eigenvalue weighted by Gasteiger charge is -2.20. The zero-order valence-electron chi connectivity index (χ0n) is 19.3. The molecule has 2 amide bonds. The molecule has 0 radical (unpaired) electrons. The van der Waals surface area contributed by atoms with Crippen molar-refractivity contribution in [2.45, 2.75) is 59.5 Å². The van der Waals surface area contributed by atoms with Crippen molar-refractivity contribution in [3.05, 3.63) is 59.7 Å². The molecule has 1 unspecified atom stereocenters. The second-order valence-corrected chi connectivity index (χ2v) is 9.03. The number of benzene rings is 2. The quantitative estimate of drug-likeness (QED) is 0.603. The van der Waals surface area contributed by atoms with Gasteiger partial charge in [-0.25, -0.2) is 0 Å². The number of hydrogen-bond acceptors (Lipinski definition) is 4. The Bertz CT molecular complexity index is 853. The van der Waals surface area contributed by atoms with E-state index < -0.39 is 17.9 Å². The van der Waals surface area contributed by atoms with E-state index in [1.165, 1.54) is 5.56 Å². The van der Waals surface area contributed by atoms with Crippen molar-refractivity contribution < 1.29 is 19.1 Å². The Hall–Kier alpha value is -3.02. The summed E-state index contributed by atoms with van der Waals surface area (Å²) < 4.78 is 11.3. The van der Waals surface area contributed by atoms with E-state index in [1.807, 2.05) is 24.3 Å². The van der Waals surface area contributed by atoms with Crippen molar-refractivity contribution in [1.82, 2.24) is 10.9 Å². The van der Waals surface area contributed by atoms with E-state index in [-0.39, 0.29) is 5.41 Å². The number of ether oxygens (including phenoxy) is 2. The van der Waals surface area contributed by atoms with Gasteiger partial charge in [0.2, 0.25) is 0 Å². The highest BCUT2D eigenvalue weighted by Gasteiger charge is 2.17. The lowest BCUT2D eigenvalue weighted by atomic mass is 9.87. The molecule has 0 bridgehead atoms. The highest BCUT2D eigenvalue weighted by molar-refractivity contribution is 5.95. The van der Waals surface area contributed by atoms with E-state index in [0.717, 1.165) is 6.42 Å². The van der Waals surface area contributed by atoms with Crippen LogP contribution in [0.5, 0.6) is 11.5 Å². The molecule has 0 fully saturated rings. The first-order valence-corrected chi connectivity index (χ1v) is 10.7. The highest BCUT2D eigenvalue weighted by Crippen LogP contribution is 2.24. The van der Waals surface area contributed by atoms with Crippen LogP contribution in [0.25, 0.3) is 0 Å². The van der Waals surface area contributed by atoms with E-state index in [9.17, 15) is 9.59 Å². The van der Waals surface area contributed by atoms with Gasteiger partial charge >= 0.3 is 0 Å². The maximum Gasteiger partial charge on any atom is 0.279 e. The fourth-order valence-electron chi connectivity index (χ4n) is 2.70. The second-order valence-electron chi connectivity index (χ2n) is 9.03. The Morgan fingerprint density at radius 1 is 0.871 bits per heavy atom. The maximum atomic E-state index is 12.3. The molecule has 0 saturated carbocycles. The monoisotopic (exact) mass is 426 g/mol. The third-order valence-corrected chi connectivity index (χ3v) is 4.78. The molecule has 2 rings (SSSR count). The molecule has 6 heteroatoms. The van der Waals surface area contributed by atoms with Crippen LogP contribution in [0, 0.1) is 5.92 Å². The van der Waals surface area contributed by atoms with E-state index >= 15 is 0 Å². The summed E-state index contributed by atoms with van der Waals surface area (Å²) in [4.78, 5) is 24.5. The third-order valence-electron chi connectivity index (χ3n) is 4.78. The van der Waals surface area contributed by atoms with Crippen molar-refractivity contribution in [3.8, 4) is 11.5 Å². The molecule has 31 heavy (non-hydrogen) atoms. The van der Waals surface area contributed by atoms with Gasteiger partial charge in [-0.3, -0.25) is 20.4 Å². The van der Waals surface area contributed by atoms with Crippen LogP contribution in [0.3, 0.4) is 0 Å². The first-order chi connectivity index (χ1) is 14.6. The first-order valence-electron chi connectivity index (χ1n) is 10.7. The van der Waals surface area contributed by atoms with Gasteiger partial charge in [-0.1, -0.05) is 46.8 Å². The predicted molar refractivity (Wildman–Crippen MR) is 122 cm³/mol. The topological polar surface area (TPSA) is 76.7 Å². The van der Waals surface area contributed by atoms with E-state index in [1.54, 1.807) is 31.2 Å². The molecule has 0 spiro atoms. The van der Waals surface area contributed by atoms with Crippen LogP contribution >= 0.6 is 0 Å². The van der Waals surface area contributed by atoms with Crippen LogP contribution in [0.1, 0.15) is 63.9 Å². The molecular weight excluding hydrogens is 392 g/mol. The minimum Gasteiger partial charge on any atom is -0.494 e. The molecule has 1 atom stereocenters. The molecular formula is C25H34N2O4. The van der Waals surface area contributed by atoms with Gasteiger partial charge in [0, 0.05) is 5.56 Å². The van der Waals surface area contributed by atoms with Gasteiger partial charge in [0.1, 0.15) is 11.5 Å². The zero-order valence-corrected chi connectivity index (χ0v) is 19.3. The summed E-state index contributed by atoms with van der Waals surface area (Å²) in [6.45, 7) is 12.9. The van der Waals surface area contributed by atoms with Gasteiger partial charge in [-0.05, 0) is 66.6 Å². The van der Waals surface area contributed by atoms with E-state index in [2.05, 4.69) is 45.5 Å². The normalized spacial score (nSPS) is 12.2. The third kappa shape index (κ3) is 7.96. The molecule has 0 aliphatic rings. The number of amides is 2. The number of carbonyl (C=O) groups is 2. The predicted octanol–water partition coefficient (Wildman–Crippen LogP) is 4.64. The second kappa shape index (κ2) is 10.8. The Morgan fingerprint density at radius 3 is 2.00 bits per heavy atom. The average molecular weight is 427 g/mol. The smallest absolute Gasteiger partial charge is 0.279 e. The Kier molecular flexibility index (Phi) is 8.48. The van der Waals surface area contributed by atoms with Gasteiger partial charge < -0.3 is 9.47 Å². The van der Waals surface area contributed by atoms with Crippen LogP contribution in [-0.2, 0) is 10.2 Å². The lowest BCUT2D eigenvalue weighted by molar-refractivity contribution is -0.128. The molecule has 2 aromatic rings. The summed E-state index contributed by atoms with van der Waals surface area (Å²) in [6.07, 6.45) is 0.201. The molecule has 168 valence electrons. The molecule has 2 aromatic carbocycles. The zero-order chi connectivity index (χ0) is 23.0. The summed E-state index contributed by atoms with van der Waals surface area (Å²) >= 11 is 0. The lowest BCUT2D eigenvalue weighted by Crippen LogP contribution is -2.47. The van der Waals surface area contributed by atoms with Gasteiger partial charge in [-0.15, -0.1) is 0 Å². The van der Waals surface area contributed by atoms with Gasteiger partial charge in [0.25, 0.3) is 11.8 Å². The van der Waals surface area contributed by atoms with Crippen molar-refractivity contribution in [1.29, 1.82) is 0 Å². The van der Waals surface area contributed by atoms with Crippen LogP contribution in [-0.4, -0.2) is 24.5 Å². The van der Waals surface area contributed by atoms with Crippen LogP contribution < -0.4 is 20.3 Å². The van der Waals surface area contributed by atoms with Gasteiger partial charge in [0.05, 0.1) is 6.61 Å². The largest absolute Gasteiger partial charge is 0.494 e. The average Bonchev–Trinajstić information content (AvgIpc) is 2.71. The minimum atomic E-state index is -0.766. The molecule has 0 aromatic heterocycles. The van der Waals surface area contributed by atoms with Crippen LogP contribution in [0.2, 0.25) is 0 Å². The number of nitrogens with one attached hydrogen (secondary N) is 2. The van der Waals surface area contributed by atoms with Crippen LogP contribution in [0.4, 0.5) is 0 Å². The number of carbonyl (C=O) groups excluding carboxylic acids is 2. The Balaban J connectivity index is 1.81. The SMILES string of the molecule is CC(C)CCOc1ccc(C(=O)NNC(=O)C(C)Oc2ccc(C(C)(C)C)cc2)cc1. The highest BCUT2D eigenvalue weighted by atomic mass is 16.5. The number of hydrazine groups is 1. The number of hydrogen-bond donors (Lipinski definition) is 2. The standard InChI is InChI=1S/C25H34N2O4/c1-17(2)15-16-30-21-11-7-19(8-12-21)24(29)27-26-23(28)18(3)31-22-13-9-20(10-14-22)25(4,5)6/h7-14,17-18H,15-16H2,1-6H3,(H,26,28)(H,27,29). The minimum absolute atomic E-state index is 0.0458. The first kappa shape index (κ1) is 24.3. The Morgan fingerprint density at radius 2 is 1.45 bits per heavy atom. The van der Waals surface area contributed by atoms with Crippen molar-refractivity contribution in [2.75, 3.05) is 6.61 Å². The summed E-state index contributed by atoms with van der Waals surface area (Å²) in [5.41, 5.74) is 6.46. The summed E-state index contributed by atoms with van der Waals surface area (Å²) in [5, 5.41) is 0.